The quantitative estimate of drug-likeness (QED) is 0.363. The van der Waals surface area contributed by atoms with Crippen LogP contribution in [0.15, 0.2) is 47.8 Å². The van der Waals surface area contributed by atoms with Crippen LogP contribution in [0.3, 0.4) is 0 Å². The molecule has 0 radical (unpaired) electrons. The van der Waals surface area contributed by atoms with Gasteiger partial charge in [-0.1, -0.05) is 35.9 Å². The van der Waals surface area contributed by atoms with E-state index >= 15 is 0 Å². The Bertz CT molecular complexity index is 1100. The molecule has 0 aliphatic heterocycles. The molecule has 3 aromatic rings. The topological polar surface area (TPSA) is 98.5 Å². The van der Waals surface area contributed by atoms with Crippen molar-refractivity contribution in [1.82, 2.24) is 0 Å². The number of nitrogens with one attached hydrogen (secondary N) is 1. The smallest absolute Gasteiger partial charge is 0.341 e. The van der Waals surface area contributed by atoms with Gasteiger partial charge in [0.25, 0.3) is 11.6 Å². The summed E-state index contributed by atoms with van der Waals surface area (Å²) >= 11 is 1.19. The number of carbonyl (C=O) groups is 2. The summed E-state index contributed by atoms with van der Waals surface area (Å²) in [6.45, 7) is 3.48. The second kappa shape index (κ2) is 8.24. The van der Waals surface area contributed by atoms with Gasteiger partial charge in [-0.3, -0.25) is 14.9 Å². The zero-order chi connectivity index (χ0) is 21.1. The van der Waals surface area contributed by atoms with Crippen LogP contribution in [0.4, 0.5) is 10.7 Å². The van der Waals surface area contributed by atoms with Crippen LogP contribution in [0.25, 0.3) is 11.1 Å². The molecule has 0 fully saturated rings. The molecular formula is C21H18N2O5S. The zero-order valence-electron chi connectivity index (χ0n) is 16.0. The number of nitro groups is 1. The molecule has 0 saturated carbocycles. The van der Waals surface area contributed by atoms with Crippen molar-refractivity contribution >= 4 is 33.9 Å². The number of ether oxygens (including phenoxy) is 1. The fraction of sp³-hybridized carbons (Fsp3) is 0.143. The minimum atomic E-state index is -0.576. The number of rotatable bonds is 5. The minimum absolute atomic E-state index is 0.141. The third-order valence-electron chi connectivity index (χ3n) is 4.52. The Morgan fingerprint density at radius 3 is 2.41 bits per heavy atom. The monoisotopic (exact) mass is 410 g/mol. The number of esters is 1. The van der Waals surface area contributed by atoms with Crippen LogP contribution in [0, 0.1) is 24.0 Å². The van der Waals surface area contributed by atoms with Gasteiger partial charge in [0.05, 0.1) is 12.0 Å². The van der Waals surface area contributed by atoms with Gasteiger partial charge in [-0.15, -0.1) is 11.3 Å². The molecule has 0 saturated heterocycles. The molecule has 1 aromatic heterocycles. The van der Waals surface area contributed by atoms with Crippen molar-refractivity contribution in [3.63, 3.8) is 0 Å². The lowest BCUT2D eigenvalue weighted by Crippen LogP contribution is -2.16. The maximum Gasteiger partial charge on any atom is 0.341 e. The first kappa shape index (κ1) is 20.2. The summed E-state index contributed by atoms with van der Waals surface area (Å²) in [6, 6.07) is 11.9. The molecule has 0 spiro atoms. The Hall–Kier alpha value is -3.52. The highest BCUT2D eigenvalue weighted by molar-refractivity contribution is 7.15. The van der Waals surface area contributed by atoms with E-state index < -0.39 is 16.8 Å². The van der Waals surface area contributed by atoms with Crippen molar-refractivity contribution in [2.45, 2.75) is 13.8 Å². The first-order valence-corrected chi connectivity index (χ1v) is 9.53. The van der Waals surface area contributed by atoms with E-state index in [1.807, 2.05) is 31.2 Å². The Morgan fingerprint density at radius 2 is 1.79 bits per heavy atom. The number of hydrogen-bond donors (Lipinski definition) is 1. The highest BCUT2D eigenvalue weighted by atomic mass is 32.1. The van der Waals surface area contributed by atoms with E-state index in [0.29, 0.717) is 10.6 Å². The van der Waals surface area contributed by atoms with E-state index in [1.54, 1.807) is 5.38 Å². The highest BCUT2D eigenvalue weighted by Gasteiger charge is 2.24. The van der Waals surface area contributed by atoms with Crippen molar-refractivity contribution < 1.29 is 19.2 Å². The maximum absolute atomic E-state index is 12.8. The predicted octanol–water partition coefficient (Wildman–Crippen LogP) is 4.98. The Kier molecular flexibility index (Phi) is 5.74. The third-order valence-corrected chi connectivity index (χ3v) is 5.41. The molecular weight excluding hydrogens is 392 g/mol. The molecule has 0 unspecified atom stereocenters. The van der Waals surface area contributed by atoms with Gasteiger partial charge in [-0.25, -0.2) is 4.79 Å². The van der Waals surface area contributed by atoms with Crippen LogP contribution in [-0.2, 0) is 4.74 Å². The molecule has 0 aliphatic carbocycles. The molecule has 0 atom stereocenters. The number of methoxy groups -OCH3 is 1. The largest absolute Gasteiger partial charge is 0.465 e. The first-order chi connectivity index (χ1) is 13.8. The van der Waals surface area contributed by atoms with Crippen LogP contribution < -0.4 is 5.32 Å². The number of carbonyl (C=O) groups excluding carboxylic acids is 2. The van der Waals surface area contributed by atoms with Crippen LogP contribution >= 0.6 is 11.3 Å². The summed E-state index contributed by atoms with van der Waals surface area (Å²) in [5.41, 5.74) is 3.07. The van der Waals surface area contributed by atoms with Gasteiger partial charge in [0, 0.05) is 28.1 Å². The number of nitrogens with zero attached hydrogens (tertiary/aromatic N) is 1. The lowest BCUT2D eigenvalue weighted by Gasteiger charge is -2.09. The summed E-state index contributed by atoms with van der Waals surface area (Å²) in [5.74, 6) is -1.11. The lowest BCUT2D eigenvalue weighted by molar-refractivity contribution is -0.385. The predicted molar refractivity (Wildman–Crippen MR) is 112 cm³/mol. The molecule has 8 heteroatoms. The van der Waals surface area contributed by atoms with Gasteiger partial charge in [0.1, 0.15) is 10.6 Å². The normalized spacial score (nSPS) is 10.4. The summed E-state index contributed by atoms with van der Waals surface area (Å²) in [4.78, 5) is 35.8. The summed E-state index contributed by atoms with van der Waals surface area (Å²) in [7, 11) is 1.27. The standard InChI is InChI=1S/C21H18N2O5S/c1-12-7-9-14(10-8-12)16-11-29-20(18(16)21(25)28-3)22-19(24)15-5-4-6-17(13(15)2)23(26)27/h4-11H,1-3H3,(H,22,24). The van der Waals surface area contributed by atoms with Gasteiger partial charge >= 0.3 is 5.97 Å². The zero-order valence-corrected chi connectivity index (χ0v) is 16.8. The molecule has 3 rings (SSSR count). The maximum atomic E-state index is 12.8. The van der Waals surface area contributed by atoms with E-state index in [9.17, 15) is 19.7 Å². The van der Waals surface area contributed by atoms with Crippen LogP contribution in [0.5, 0.6) is 0 Å². The number of nitro benzene ring substituents is 1. The average Bonchev–Trinajstić information content (AvgIpc) is 3.11. The van der Waals surface area contributed by atoms with Gasteiger partial charge in [-0.05, 0) is 25.5 Å². The Morgan fingerprint density at radius 1 is 1.10 bits per heavy atom. The number of amides is 1. The molecule has 0 aliphatic rings. The Labute approximate surface area is 171 Å². The van der Waals surface area contributed by atoms with Crippen LogP contribution in [-0.4, -0.2) is 23.9 Å². The van der Waals surface area contributed by atoms with E-state index in [-0.39, 0.29) is 22.4 Å². The lowest BCUT2D eigenvalue weighted by atomic mass is 10.0. The van der Waals surface area contributed by atoms with Crippen molar-refractivity contribution in [2.75, 3.05) is 12.4 Å². The fourth-order valence-electron chi connectivity index (χ4n) is 2.94. The second-order valence-corrected chi connectivity index (χ2v) is 7.25. The molecule has 2 aromatic carbocycles. The first-order valence-electron chi connectivity index (χ1n) is 8.65. The fourth-order valence-corrected chi connectivity index (χ4v) is 3.89. The van der Waals surface area contributed by atoms with Crippen LogP contribution in [0.2, 0.25) is 0 Å². The number of benzene rings is 2. The third kappa shape index (κ3) is 4.02. The number of anilines is 1. The van der Waals surface area contributed by atoms with Crippen LogP contribution in [0.1, 0.15) is 31.8 Å². The number of thiophene rings is 1. The molecule has 7 nitrogen and oxygen atoms in total. The molecule has 0 bridgehead atoms. The summed E-state index contributed by atoms with van der Waals surface area (Å²) < 4.78 is 4.91. The summed E-state index contributed by atoms with van der Waals surface area (Å²) in [5, 5.41) is 15.9. The molecule has 1 amide bonds. The molecule has 29 heavy (non-hydrogen) atoms. The molecule has 1 heterocycles. The Balaban J connectivity index is 2.01. The summed E-state index contributed by atoms with van der Waals surface area (Å²) in [6.07, 6.45) is 0. The van der Waals surface area contributed by atoms with E-state index in [2.05, 4.69) is 5.32 Å². The van der Waals surface area contributed by atoms with Gasteiger partial charge in [0.2, 0.25) is 0 Å². The van der Waals surface area contributed by atoms with Crippen molar-refractivity contribution in [1.29, 1.82) is 0 Å². The van der Waals surface area contributed by atoms with E-state index in [1.165, 1.54) is 43.6 Å². The number of aryl methyl sites for hydroxylation is 1. The molecule has 148 valence electrons. The van der Waals surface area contributed by atoms with Gasteiger partial charge in [-0.2, -0.15) is 0 Å². The SMILES string of the molecule is COC(=O)c1c(-c2ccc(C)cc2)csc1NC(=O)c1cccc([N+](=O)[O-])c1C. The minimum Gasteiger partial charge on any atom is -0.465 e. The van der Waals surface area contributed by atoms with Crippen molar-refractivity contribution in [2.24, 2.45) is 0 Å². The number of hydrogen-bond acceptors (Lipinski definition) is 6. The highest BCUT2D eigenvalue weighted by Crippen LogP contribution is 2.36. The second-order valence-electron chi connectivity index (χ2n) is 6.37. The van der Waals surface area contributed by atoms with Crippen molar-refractivity contribution in [3.8, 4) is 11.1 Å². The van der Waals surface area contributed by atoms with E-state index in [0.717, 1.165) is 11.1 Å². The van der Waals surface area contributed by atoms with Gasteiger partial charge < -0.3 is 10.1 Å². The van der Waals surface area contributed by atoms with E-state index in [4.69, 9.17) is 4.74 Å². The van der Waals surface area contributed by atoms with Gasteiger partial charge in [0.15, 0.2) is 0 Å². The molecule has 1 N–H and O–H groups in total. The van der Waals surface area contributed by atoms with Crippen molar-refractivity contribution in [3.05, 3.63) is 80.2 Å². The average molecular weight is 410 g/mol.